The number of aromatic nitrogens is 2. The van der Waals surface area contributed by atoms with E-state index in [-0.39, 0.29) is 18.0 Å². The number of anilines is 2. The van der Waals surface area contributed by atoms with Crippen LogP contribution in [0.15, 0.2) is 42.7 Å². The summed E-state index contributed by atoms with van der Waals surface area (Å²) in [5.74, 6) is -1.06. The van der Waals surface area contributed by atoms with E-state index in [1.165, 1.54) is 6.07 Å². The summed E-state index contributed by atoms with van der Waals surface area (Å²) in [4.78, 5) is 16.0. The number of rotatable bonds is 3. The molecule has 122 valence electrons. The maximum absolute atomic E-state index is 13.6. The van der Waals surface area contributed by atoms with Gasteiger partial charge in [0.05, 0.1) is 17.8 Å². The van der Waals surface area contributed by atoms with Gasteiger partial charge in [-0.1, -0.05) is 12.1 Å². The fourth-order valence-corrected chi connectivity index (χ4v) is 2.65. The fourth-order valence-electron chi connectivity index (χ4n) is 2.65. The number of nitrogens with zero attached hydrogens (tertiary/aromatic N) is 2. The molecule has 0 unspecified atom stereocenters. The topological polar surface area (TPSA) is 72.4 Å². The molecule has 1 aliphatic rings. The number of benzene rings is 1. The third kappa shape index (κ3) is 2.47. The minimum atomic E-state index is -1.05. The number of hydrogen-bond acceptors (Lipinski definition) is 3. The average Bonchev–Trinajstić information content (AvgIpc) is 3.15. The van der Waals surface area contributed by atoms with E-state index in [2.05, 4.69) is 10.3 Å². The first-order chi connectivity index (χ1) is 11.5. The molecule has 4 rings (SSSR count). The Morgan fingerprint density at radius 2 is 2.08 bits per heavy atom. The fraction of sp³-hybridized carbons (Fsp3) is 0.176. The highest BCUT2D eigenvalue weighted by Gasteiger charge is 2.43. The molecular formula is C17H14F2N4O. The summed E-state index contributed by atoms with van der Waals surface area (Å²) in [6, 6.07) is 8.14. The summed E-state index contributed by atoms with van der Waals surface area (Å²) in [5.41, 5.74) is 7.78. The number of pyridine rings is 1. The number of fused-ring (bicyclic) bond motifs is 1. The van der Waals surface area contributed by atoms with Crippen LogP contribution in [-0.2, 0) is 4.79 Å². The maximum atomic E-state index is 13.6. The van der Waals surface area contributed by atoms with Crippen molar-refractivity contribution in [1.29, 1.82) is 0 Å². The van der Waals surface area contributed by atoms with Gasteiger partial charge in [-0.15, -0.1) is 0 Å². The van der Waals surface area contributed by atoms with Gasteiger partial charge in [-0.05, 0) is 24.6 Å². The van der Waals surface area contributed by atoms with Crippen molar-refractivity contribution in [2.45, 2.75) is 12.6 Å². The van der Waals surface area contributed by atoms with Crippen LogP contribution in [0.1, 0.15) is 6.42 Å². The molecular weight excluding hydrogens is 314 g/mol. The van der Waals surface area contributed by atoms with E-state index in [9.17, 15) is 13.6 Å². The molecule has 1 saturated carbocycles. The minimum Gasteiger partial charge on any atom is -0.396 e. The van der Waals surface area contributed by atoms with E-state index < -0.39 is 17.9 Å². The Hall–Kier alpha value is -2.96. The molecule has 0 aliphatic heterocycles. The Morgan fingerprint density at radius 3 is 2.83 bits per heavy atom. The van der Waals surface area contributed by atoms with Crippen molar-refractivity contribution in [3.05, 3.63) is 48.5 Å². The van der Waals surface area contributed by atoms with Crippen molar-refractivity contribution in [2.75, 3.05) is 11.1 Å². The van der Waals surface area contributed by atoms with Crippen molar-refractivity contribution in [3.8, 4) is 11.1 Å². The first-order valence-corrected chi connectivity index (χ1v) is 7.51. The molecule has 1 fully saturated rings. The van der Waals surface area contributed by atoms with E-state index in [1.807, 2.05) is 0 Å². The first-order valence-electron chi connectivity index (χ1n) is 7.51. The number of nitrogen functional groups attached to an aromatic ring is 1. The molecule has 0 spiro atoms. The molecule has 2 aromatic heterocycles. The van der Waals surface area contributed by atoms with E-state index in [1.54, 1.807) is 41.1 Å². The summed E-state index contributed by atoms with van der Waals surface area (Å²) < 4.78 is 28.2. The Morgan fingerprint density at radius 1 is 1.29 bits per heavy atom. The number of carbonyl (C=O) groups excluding carboxylic acids is 1. The lowest BCUT2D eigenvalue weighted by Crippen LogP contribution is -2.15. The molecule has 2 heterocycles. The van der Waals surface area contributed by atoms with Crippen LogP contribution in [0.4, 0.5) is 20.3 Å². The second-order valence-corrected chi connectivity index (χ2v) is 5.86. The highest BCUT2D eigenvalue weighted by atomic mass is 19.1. The second-order valence-electron chi connectivity index (χ2n) is 5.86. The number of amides is 1. The Labute approximate surface area is 136 Å². The van der Waals surface area contributed by atoms with E-state index in [4.69, 9.17) is 5.73 Å². The average molecular weight is 328 g/mol. The molecule has 3 N–H and O–H groups in total. The highest BCUT2D eigenvalue weighted by molar-refractivity contribution is 5.94. The van der Waals surface area contributed by atoms with Crippen molar-refractivity contribution in [1.82, 2.24) is 9.38 Å². The molecule has 0 radical (unpaired) electrons. The van der Waals surface area contributed by atoms with Crippen molar-refractivity contribution in [2.24, 2.45) is 5.92 Å². The van der Waals surface area contributed by atoms with Crippen LogP contribution >= 0.6 is 0 Å². The lowest BCUT2D eigenvalue weighted by Gasteiger charge is -2.07. The maximum Gasteiger partial charge on any atom is 0.231 e. The monoisotopic (exact) mass is 328 g/mol. The molecule has 1 aliphatic carbocycles. The van der Waals surface area contributed by atoms with Gasteiger partial charge in [-0.25, -0.2) is 13.8 Å². The van der Waals surface area contributed by atoms with Crippen LogP contribution in [-0.4, -0.2) is 21.5 Å². The first kappa shape index (κ1) is 14.6. The van der Waals surface area contributed by atoms with Gasteiger partial charge in [0.15, 0.2) is 5.82 Å². The zero-order chi connectivity index (χ0) is 16.8. The van der Waals surface area contributed by atoms with Gasteiger partial charge in [-0.2, -0.15) is 0 Å². The normalized spacial score (nSPS) is 19.4. The molecule has 1 amide bonds. The Balaban J connectivity index is 1.66. The molecule has 3 aromatic rings. The number of imidazole rings is 1. The number of halogens is 2. The standard InChI is InChI=1S/C17H14F2N4O/c18-12-3-1-2-10(16(12)20)9-4-5-15-21-14(8-23(15)7-9)22-17(24)11-6-13(11)19/h1-5,7-8,11,13H,6,20H2,(H,22,24)/t11-,13+/m1/s1. The van der Waals surface area contributed by atoms with Crippen LogP contribution in [0.25, 0.3) is 16.8 Å². The molecule has 24 heavy (non-hydrogen) atoms. The van der Waals surface area contributed by atoms with Gasteiger partial charge in [0.1, 0.15) is 17.6 Å². The largest absolute Gasteiger partial charge is 0.396 e. The Bertz CT molecular complexity index is 953. The van der Waals surface area contributed by atoms with Crippen LogP contribution in [0.5, 0.6) is 0 Å². The smallest absolute Gasteiger partial charge is 0.231 e. The molecule has 5 nitrogen and oxygen atoms in total. The summed E-state index contributed by atoms with van der Waals surface area (Å²) >= 11 is 0. The molecule has 1 aromatic carbocycles. The van der Waals surface area contributed by atoms with Gasteiger partial charge in [0.2, 0.25) is 5.91 Å². The number of alkyl halides is 1. The van der Waals surface area contributed by atoms with Gasteiger partial charge in [0.25, 0.3) is 0 Å². The zero-order valence-corrected chi connectivity index (χ0v) is 12.5. The van der Waals surface area contributed by atoms with Crippen molar-refractivity contribution < 1.29 is 13.6 Å². The second kappa shape index (κ2) is 5.30. The molecule has 7 heteroatoms. The number of hydrogen-bond donors (Lipinski definition) is 2. The lowest BCUT2D eigenvalue weighted by atomic mass is 10.1. The molecule has 0 bridgehead atoms. The van der Waals surface area contributed by atoms with Gasteiger partial charge in [-0.3, -0.25) is 4.79 Å². The van der Waals surface area contributed by atoms with Crippen LogP contribution in [0.3, 0.4) is 0 Å². The predicted octanol–water partition coefficient (Wildman–Crippen LogP) is 3.02. The Kier molecular flexibility index (Phi) is 3.23. The predicted molar refractivity (Wildman–Crippen MR) is 86.6 cm³/mol. The lowest BCUT2D eigenvalue weighted by molar-refractivity contribution is -0.117. The quantitative estimate of drug-likeness (QED) is 0.726. The summed E-state index contributed by atoms with van der Waals surface area (Å²) in [7, 11) is 0. The van der Waals surface area contributed by atoms with Gasteiger partial charge in [0, 0.05) is 17.3 Å². The summed E-state index contributed by atoms with van der Waals surface area (Å²) in [5, 5.41) is 2.61. The van der Waals surface area contributed by atoms with Crippen LogP contribution in [0.2, 0.25) is 0 Å². The van der Waals surface area contributed by atoms with Crippen LogP contribution < -0.4 is 11.1 Å². The number of nitrogens with one attached hydrogen (secondary N) is 1. The van der Waals surface area contributed by atoms with Crippen molar-refractivity contribution >= 4 is 23.1 Å². The van der Waals surface area contributed by atoms with E-state index in [0.717, 1.165) is 5.56 Å². The number of carbonyl (C=O) groups is 1. The van der Waals surface area contributed by atoms with E-state index >= 15 is 0 Å². The number of nitrogens with two attached hydrogens (primary N) is 1. The SMILES string of the molecule is Nc1c(F)cccc1-c1ccc2nc(NC(=O)[C@@H]3C[C@@H]3F)cn2c1. The molecule has 0 saturated heterocycles. The highest BCUT2D eigenvalue weighted by Crippen LogP contribution is 2.34. The van der Waals surface area contributed by atoms with E-state index in [0.29, 0.717) is 17.0 Å². The van der Waals surface area contributed by atoms with Gasteiger partial charge >= 0.3 is 0 Å². The van der Waals surface area contributed by atoms with Gasteiger partial charge < -0.3 is 15.5 Å². The minimum absolute atomic E-state index is 0.0770. The molecule has 2 atom stereocenters. The zero-order valence-electron chi connectivity index (χ0n) is 12.5. The van der Waals surface area contributed by atoms with Crippen molar-refractivity contribution in [3.63, 3.8) is 0 Å². The number of para-hydroxylation sites is 1. The van der Waals surface area contributed by atoms with Crippen LogP contribution in [0, 0.1) is 11.7 Å². The third-order valence-corrected chi connectivity index (χ3v) is 4.12. The summed E-state index contributed by atoms with van der Waals surface area (Å²) in [6.07, 6.45) is 2.59. The third-order valence-electron chi connectivity index (χ3n) is 4.12. The summed E-state index contributed by atoms with van der Waals surface area (Å²) in [6.45, 7) is 0.